The molecular weight excluding hydrogens is 281 g/mol. The van der Waals surface area contributed by atoms with E-state index in [1.165, 1.54) is 19.3 Å². The molecule has 1 aliphatic heterocycles. The highest BCUT2D eigenvalue weighted by molar-refractivity contribution is 7.45. The molecule has 4 heteroatoms. The van der Waals surface area contributed by atoms with Crippen molar-refractivity contribution in [1.29, 1.82) is 0 Å². The summed E-state index contributed by atoms with van der Waals surface area (Å²) in [5.74, 6) is 1.73. The van der Waals surface area contributed by atoms with Crippen molar-refractivity contribution < 1.29 is 9.05 Å². The highest BCUT2D eigenvalue weighted by Gasteiger charge is 2.26. The van der Waals surface area contributed by atoms with Crippen molar-refractivity contribution in [3.63, 3.8) is 0 Å². The van der Waals surface area contributed by atoms with E-state index in [4.69, 9.17) is 9.05 Å². The second kappa shape index (κ2) is 7.44. The maximum Gasteiger partial charge on any atom is 0.384 e. The fourth-order valence-electron chi connectivity index (χ4n) is 2.32. The van der Waals surface area contributed by atoms with Gasteiger partial charge in [0.1, 0.15) is 11.5 Å². The molecular formula is C17H20NO2P. The van der Waals surface area contributed by atoms with Crippen LogP contribution in [-0.4, -0.2) is 17.8 Å². The van der Waals surface area contributed by atoms with E-state index in [1.54, 1.807) is 0 Å². The molecule has 3 nitrogen and oxygen atoms in total. The Morgan fingerprint density at radius 1 is 0.667 bits per heavy atom. The molecule has 0 aliphatic carbocycles. The lowest BCUT2D eigenvalue weighted by Gasteiger charge is -2.31. The Hall–Kier alpha value is -1.57. The van der Waals surface area contributed by atoms with Gasteiger partial charge in [0.25, 0.3) is 0 Å². The molecule has 2 aromatic carbocycles. The van der Waals surface area contributed by atoms with Gasteiger partial charge < -0.3 is 9.05 Å². The Labute approximate surface area is 127 Å². The molecule has 0 aromatic heterocycles. The largest absolute Gasteiger partial charge is 0.427 e. The molecule has 0 saturated carbocycles. The van der Waals surface area contributed by atoms with Crippen LogP contribution in [0.1, 0.15) is 19.3 Å². The van der Waals surface area contributed by atoms with Crippen LogP contribution in [0.4, 0.5) is 0 Å². The monoisotopic (exact) mass is 301 g/mol. The summed E-state index contributed by atoms with van der Waals surface area (Å²) in [4.78, 5) is 0. The zero-order valence-corrected chi connectivity index (χ0v) is 12.9. The lowest BCUT2D eigenvalue weighted by molar-refractivity contribution is 0.307. The minimum absolute atomic E-state index is 0.866. The molecule has 0 bridgehead atoms. The van der Waals surface area contributed by atoms with Crippen LogP contribution in [0.5, 0.6) is 11.5 Å². The minimum atomic E-state index is -1.10. The van der Waals surface area contributed by atoms with Crippen molar-refractivity contribution in [2.45, 2.75) is 19.3 Å². The Morgan fingerprint density at radius 3 is 1.62 bits per heavy atom. The normalized spacial score (nSPS) is 15.9. The van der Waals surface area contributed by atoms with Gasteiger partial charge in [0.2, 0.25) is 0 Å². The van der Waals surface area contributed by atoms with Gasteiger partial charge in [-0.05, 0) is 37.1 Å². The minimum Gasteiger partial charge on any atom is -0.427 e. The lowest BCUT2D eigenvalue weighted by atomic mass is 10.2. The third-order valence-electron chi connectivity index (χ3n) is 3.42. The molecule has 0 radical (unpaired) electrons. The van der Waals surface area contributed by atoms with Gasteiger partial charge in [-0.3, -0.25) is 0 Å². The fraction of sp³-hybridized carbons (Fsp3) is 0.294. The van der Waals surface area contributed by atoms with Crippen LogP contribution in [-0.2, 0) is 0 Å². The summed E-state index contributed by atoms with van der Waals surface area (Å²) in [5.41, 5.74) is 0. The van der Waals surface area contributed by atoms with Gasteiger partial charge in [0.15, 0.2) is 0 Å². The van der Waals surface area contributed by atoms with Crippen LogP contribution < -0.4 is 9.05 Å². The highest BCUT2D eigenvalue weighted by atomic mass is 31.2. The summed E-state index contributed by atoms with van der Waals surface area (Å²) in [5, 5.41) is 0. The van der Waals surface area contributed by atoms with Gasteiger partial charge in [-0.1, -0.05) is 42.8 Å². The first-order valence-electron chi connectivity index (χ1n) is 7.43. The van der Waals surface area contributed by atoms with E-state index in [1.807, 2.05) is 60.7 Å². The number of piperidine rings is 1. The van der Waals surface area contributed by atoms with Crippen LogP contribution in [0, 0.1) is 0 Å². The van der Waals surface area contributed by atoms with Crippen molar-refractivity contribution in [2.24, 2.45) is 0 Å². The molecule has 110 valence electrons. The molecule has 0 spiro atoms. The molecule has 0 amide bonds. The fourth-order valence-corrected chi connectivity index (χ4v) is 3.80. The van der Waals surface area contributed by atoms with E-state index >= 15 is 0 Å². The number of hydrogen-bond acceptors (Lipinski definition) is 3. The van der Waals surface area contributed by atoms with E-state index in [0.29, 0.717) is 0 Å². The number of nitrogens with zero attached hydrogens (tertiary/aromatic N) is 1. The van der Waals surface area contributed by atoms with Crippen molar-refractivity contribution in [3.05, 3.63) is 60.7 Å². The van der Waals surface area contributed by atoms with E-state index in [-0.39, 0.29) is 0 Å². The van der Waals surface area contributed by atoms with Gasteiger partial charge in [0, 0.05) is 13.1 Å². The maximum absolute atomic E-state index is 6.13. The lowest BCUT2D eigenvalue weighted by Crippen LogP contribution is -2.28. The molecule has 3 rings (SSSR count). The molecule has 0 atom stereocenters. The third kappa shape index (κ3) is 4.20. The van der Waals surface area contributed by atoms with E-state index in [2.05, 4.69) is 4.67 Å². The second-order valence-electron chi connectivity index (χ2n) is 5.06. The predicted molar refractivity (Wildman–Crippen MR) is 86.5 cm³/mol. The Morgan fingerprint density at radius 2 is 1.14 bits per heavy atom. The Kier molecular flexibility index (Phi) is 5.09. The number of hydrogen-bond donors (Lipinski definition) is 0. The zero-order chi connectivity index (χ0) is 14.3. The number of rotatable bonds is 5. The Bertz CT molecular complexity index is 488. The average Bonchev–Trinajstić information content (AvgIpc) is 2.57. The van der Waals surface area contributed by atoms with Gasteiger partial charge in [-0.25, -0.2) is 4.67 Å². The first-order valence-corrected chi connectivity index (χ1v) is 8.56. The van der Waals surface area contributed by atoms with Crippen LogP contribution in [0.3, 0.4) is 0 Å². The smallest absolute Gasteiger partial charge is 0.384 e. The summed E-state index contributed by atoms with van der Waals surface area (Å²) < 4.78 is 14.6. The van der Waals surface area contributed by atoms with Gasteiger partial charge in [0.05, 0.1) is 0 Å². The summed E-state index contributed by atoms with van der Waals surface area (Å²) >= 11 is 0. The molecule has 1 aliphatic rings. The topological polar surface area (TPSA) is 21.7 Å². The van der Waals surface area contributed by atoms with Crippen molar-refractivity contribution in [1.82, 2.24) is 4.67 Å². The van der Waals surface area contributed by atoms with Crippen LogP contribution in [0.15, 0.2) is 60.7 Å². The first-order chi connectivity index (χ1) is 10.4. The quantitative estimate of drug-likeness (QED) is 0.736. The number of benzene rings is 2. The summed E-state index contributed by atoms with van der Waals surface area (Å²) in [6, 6.07) is 19.9. The summed E-state index contributed by atoms with van der Waals surface area (Å²) in [6.07, 6.45) is 3.74. The molecule has 1 fully saturated rings. The van der Waals surface area contributed by atoms with E-state index < -0.39 is 8.53 Å². The average molecular weight is 301 g/mol. The molecule has 1 heterocycles. The SMILES string of the molecule is c1ccc(OP(Oc2ccccc2)N2CCCCC2)cc1. The second-order valence-corrected chi connectivity index (χ2v) is 6.47. The molecule has 1 saturated heterocycles. The van der Waals surface area contributed by atoms with Crippen LogP contribution in [0.25, 0.3) is 0 Å². The Balaban J connectivity index is 1.73. The van der Waals surface area contributed by atoms with Gasteiger partial charge >= 0.3 is 8.53 Å². The molecule has 0 unspecified atom stereocenters. The van der Waals surface area contributed by atoms with E-state index in [0.717, 1.165) is 24.6 Å². The summed E-state index contributed by atoms with van der Waals surface area (Å²) in [6.45, 7) is 2.09. The number of para-hydroxylation sites is 2. The van der Waals surface area contributed by atoms with Crippen molar-refractivity contribution >= 4 is 8.53 Å². The zero-order valence-electron chi connectivity index (χ0n) is 12.0. The van der Waals surface area contributed by atoms with Crippen LogP contribution >= 0.6 is 8.53 Å². The molecule has 21 heavy (non-hydrogen) atoms. The van der Waals surface area contributed by atoms with Crippen LogP contribution in [0.2, 0.25) is 0 Å². The van der Waals surface area contributed by atoms with Gasteiger partial charge in [-0.2, -0.15) is 0 Å². The standard InChI is InChI=1S/C17H20NO2P/c1-4-10-16(11-5-1)19-21(18-14-8-3-9-15-18)20-17-12-6-2-7-13-17/h1-2,4-7,10-13H,3,8-9,14-15H2. The maximum atomic E-state index is 6.13. The van der Waals surface area contributed by atoms with E-state index in [9.17, 15) is 0 Å². The predicted octanol–water partition coefficient (Wildman–Crippen LogP) is 4.86. The first kappa shape index (κ1) is 14.4. The summed E-state index contributed by atoms with van der Waals surface area (Å²) in [7, 11) is -1.10. The van der Waals surface area contributed by atoms with Gasteiger partial charge in [-0.15, -0.1) is 0 Å². The highest BCUT2D eigenvalue weighted by Crippen LogP contribution is 2.45. The third-order valence-corrected chi connectivity index (χ3v) is 5.01. The molecule has 0 N–H and O–H groups in total. The molecule has 2 aromatic rings. The van der Waals surface area contributed by atoms with Crippen molar-refractivity contribution in [3.8, 4) is 11.5 Å². The van der Waals surface area contributed by atoms with Crippen molar-refractivity contribution in [2.75, 3.05) is 13.1 Å².